The molecule has 1 saturated carbocycles. The number of benzene rings is 3. The Bertz CT molecular complexity index is 1280. The number of hydrogen-bond donors (Lipinski definition) is 1. The van der Waals surface area contributed by atoms with Gasteiger partial charge < -0.3 is 19.6 Å². The molecule has 6 rings (SSSR count). The molecule has 1 saturated heterocycles. The van der Waals surface area contributed by atoms with Gasteiger partial charge in [0.1, 0.15) is 11.5 Å². The van der Waals surface area contributed by atoms with Crippen LogP contribution in [0.2, 0.25) is 0 Å². The van der Waals surface area contributed by atoms with E-state index >= 15 is 0 Å². The van der Waals surface area contributed by atoms with Crippen LogP contribution in [0, 0.1) is 5.92 Å². The summed E-state index contributed by atoms with van der Waals surface area (Å²) in [4.78, 5) is 18.4. The summed E-state index contributed by atoms with van der Waals surface area (Å²) in [6, 6.07) is 23.0. The number of rotatable bonds is 8. The molecule has 1 amide bonds. The normalized spacial score (nSPS) is 21.9. The summed E-state index contributed by atoms with van der Waals surface area (Å²) in [6.07, 6.45) is 4.36. The van der Waals surface area contributed by atoms with Crippen LogP contribution in [-0.4, -0.2) is 59.3 Å². The summed E-state index contributed by atoms with van der Waals surface area (Å²) in [5.41, 5.74) is 3.70. The van der Waals surface area contributed by atoms with E-state index in [1.54, 1.807) is 6.07 Å². The van der Waals surface area contributed by atoms with Crippen LogP contribution in [0.4, 0.5) is 4.39 Å². The Labute approximate surface area is 223 Å². The molecule has 1 spiro atoms. The van der Waals surface area contributed by atoms with Crippen LogP contribution in [0.5, 0.6) is 11.5 Å². The minimum Gasteiger partial charge on any atom is -0.508 e. The maximum absolute atomic E-state index is 14.0. The number of aromatic hydroxyl groups is 1. The third-order valence-corrected chi connectivity index (χ3v) is 8.44. The number of amides is 1. The van der Waals surface area contributed by atoms with Gasteiger partial charge in [0.25, 0.3) is 5.91 Å². The van der Waals surface area contributed by atoms with Crippen LogP contribution in [0.3, 0.4) is 0 Å². The molecule has 38 heavy (non-hydrogen) atoms. The largest absolute Gasteiger partial charge is 0.508 e. The molecule has 2 atom stereocenters. The first-order valence-corrected chi connectivity index (χ1v) is 13.8. The van der Waals surface area contributed by atoms with E-state index in [0.29, 0.717) is 24.5 Å². The molecule has 5 nitrogen and oxygen atoms in total. The van der Waals surface area contributed by atoms with Gasteiger partial charge in [-0.25, -0.2) is 0 Å². The van der Waals surface area contributed by atoms with E-state index < -0.39 is 0 Å². The SMILES string of the molecule is O=C(c1ccccc1)N1[C@H](c2ccc(OC[C@H]3CCN(CCCF)C3)cc2)c2ccc(O)cc2CC12CC2. The second-order valence-corrected chi connectivity index (χ2v) is 11.1. The zero-order chi connectivity index (χ0) is 26.1. The predicted molar refractivity (Wildman–Crippen MR) is 145 cm³/mol. The Balaban J connectivity index is 1.25. The van der Waals surface area contributed by atoms with Gasteiger partial charge in [0.15, 0.2) is 0 Å². The zero-order valence-electron chi connectivity index (χ0n) is 21.7. The quantitative estimate of drug-likeness (QED) is 0.415. The number of carbonyl (C=O) groups is 1. The van der Waals surface area contributed by atoms with Crippen molar-refractivity contribution in [1.82, 2.24) is 9.80 Å². The lowest BCUT2D eigenvalue weighted by atomic mass is 9.82. The Hall–Kier alpha value is -3.38. The van der Waals surface area contributed by atoms with E-state index in [2.05, 4.69) is 21.9 Å². The Morgan fingerprint density at radius 2 is 1.84 bits per heavy atom. The van der Waals surface area contributed by atoms with Crippen LogP contribution in [0.1, 0.15) is 58.8 Å². The lowest BCUT2D eigenvalue weighted by molar-refractivity contribution is 0.0541. The van der Waals surface area contributed by atoms with Crippen molar-refractivity contribution in [1.29, 1.82) is 0 Å². The van der Waals surface area contributed by atoms with Crippen molar-refractivity contribution in [2.45, 2.75) is 43.7 Å². The van der Waals surface area contributed by atoms with E-state index in [0.717, 1.165) is 67.8 Å². The minimum absolute atomic E-state index is 0.0469. The standard InChI is InChI=1S/C32H35FN2O3/c33-16-4-17-34-18-13-23(21-34)22-38-28-10-7-24(8-11-28)30-29-12-9-27(36)19-26(29)20-32(14-15-32)35(30)31(37)25-5-2-1-3-6-25/h1-3,5-12,19,23,30,36H,4,13-18,20-22H2/t23-,30+/m0/s1. The molecule has 0 aromatic heterocycles. The van der Waals surface area contributed by atoms with Crippen LogP contribution in [0.15, 0.2) is 72.8 Å². The highest BCUT2D eigenvalue weighted by Crippen LogP contribution is 2.55. The predicted octanol–water partition coefficient (Wildman–Crippen LogP) is 5.77. The van der Waals surface area contributed by atoms with Crippen LogP contribution >= 0.6 is 0 Å². The number of phenolic OH excluding ortho intramolecular Hbond substituents is 1. The molecule has 2 aliphatic heterocycles. The molecule has 3 aromatic rings. The number of phenols is 1. The van der Waals surface area contributed by atoms with Crippen molar-refractivity contribution in [2.24, 2.45) is 5.92 Å². The number of ether oxygens (including phenoxy) is 1. The second-order valence-electron chi connectivity index (χ2n) is 11.1. The molecule has 6 heteroatoms. The van der Waals surface area contributed by atoms with Crippen LogP contribution < -0.4 is 4.74 Å². The highest BCUT2D eigenvalue weighted by molar-refractivity contribution is 5.96. The third-order valence-electron chi connectivity index (χ3n) is 8.44. The highest BCUT2D eigenvalue weighted by atomic mass is 19.1. The van der Waals surface area contributed by atoms with Gasteiger partial charge in [-0.2, -0.15) is 0 Å². The zero-order valence-corrected chi connectivity index (χ0v) is 21.7. The van der Waals surface area contributed by atoms with E-state index in [-0.39, 0.29) is 29.9 Å². The molecule has 0 unspecified atom stereocenters. The Kier molecular flexibility index (Phi) is 6.83. The first kappa shape index (κ1) is 24.9. The number of halogens is 1. The summed E-state index contributed by atoms with van der Waals surface area (Å²) >= 11 is 0. The topological polar surface area (TPSA) is 53.0 Å². The number of alkyl halides is 1. The van der Waals surface area contributed by atoms with Crippen molar-refractivity contribution in [3.05, 3.63) is 95.1 Å². The smallest absolute Gasteiger partial charge is 0.255 e. The van der Waals surface area contributed by atoms with Crippen LogP contribution in [0.25, 0.3) is 0 Å². The maximum Gasteiger partial charge on any atom is 0.255 e. The van der Waals surface area contributed by atoms with Crippen molar-refractivity contribution < 1.29 is 19.0 Å². The van der Waals surface area contributed by atoms with Gasteiger partial charge in [-0.3, -0.25) is 9.18 Å². The lowest BCUT2D eigenvalue weighted by Gasteiger charge is -2.44. The number of likely N-dealkylation sites (tertiary alicyclic amines) is 1. The first-order chi connectivity index (χ1) is 18.6. The van der Waals surface area contributed by atoms with Gasteiger partial charge in [-0.15, -0.1) is 0 Å². The van der Waals surface area contributed by atoms with Gasteiger partial charge in [0, 0.05) is 30.1 Å². The monoisotopic (exact) mass is 514 g/mol. The molecule has 2 fully saturated rings. The first-order valence-electron chi connectivity index (χ1n) is 13.8. The number of fused-ring (bicyclic) bond motifs is 1. The Morgan fingerprint density at radius 1 is 1.05 bits per heavy atom. The van der Waals surface area contributed by atoms with E-state index in [1.165, 1.54) is 0 Å². The third kappa shape index (κ3) is 4.90. The maximum atomic E-state index is 14.0. The van der Waals surface area contributed by atoms with E-state index in [9.17, 15) is 14.3 Å². The van der Waals surface area contributed by atoms with Crippen LogP contribution in [-0.2, 0) is 6.42 Å². The molecule has 1 N–H and O–H groups in total. The van der Waals surface area contributed by atoms with Gasteiger partial charge in [0.05, 0.1) is 19.3 Å². The average molecular weight is 515 g/mol. The van der Waals surface area contributed by atoms with Crippen molar-refractivity contribution >= 4 is 5.91 Å². The van der Waals surface area contributed by atoms with Crippen molar-refractivity contribution in [3.63, 3.8) is 0 Å². The molecule has 1 aliphatic carbocycles. The fraction of sp³-hybridized carbons (Fsp3) is 0.406. The average Bonchev–Trinajstić information content (AvgIpc) is 3.55. The van der Waals surface area contributed by atoms with Gasteiger partial charge >= 0.3 is 0 Å². The Morgan fingerprint density at radius 3 is 2.58 bits per heavy atom. The van der Waals surface area contributed by atoms with Gasteiger partial charge in [-0.1, -0.05) is 36.4 Å². The molecule has 2 heterocycles. The number of carbonyl (C=O) groups excluding carboxylic acids is 1. The summed E-state index contributed by atoms with van der Waals surface area (Å²) in [5.74, 6) is 1.59. The number of nitrogens with zero attached hydrogens (tertiary/aromatic N) is 2. The lowest BCUT2D eigenvalue weighted by Crippen LogP contribution is -2.49. The summed E-state index contributed by atoms with van der Waals surface area (Å²) in [5, 5.41) is 10.2. The molecule has 3 aliphatic rings. The molecule has 0 radical (unpaired) electrons. The van der Waals surface area contributed by atoms with E-state index in [1.807, 2.05) is 54.6 Å². The fourth-order valence-electron chi connectivity index (χ4n) is 6.30. The molecule has 198 valence electrons. The summed E-state index contributed by atoms with van der Waals surface area (Å²) in [7, 11) is 0. The minimum atomic E-state index is -0.258. The van der Waals surface area contributed by atoms with Crippen molar-refractivity contribution in [2.75, 3.05) is 32.9 Å². The summed E-state index contributed by atoms with van der Waals surface area (Å²) in [6.45, 7) is 3.19. The van der Waals surface area contributed by atoms with Gasteiger partial charge in [0.2, 0.25) is 0 Å². The number of hydrogen-bond acceptors (Lipinski definition) is 4. The fourth-order valence-corrected chi connectivity index (χ4v) is 6.30. The molecule has 3 aromatic carbocycles. The molecule has 0 bridgehead atoms. The highest BCUT2D eigenvalue weighted by Gasteiger charge is 2.56. The van der Waals surface area contributed by atoms with Crippen molar-refractivity contribution in [3.8, 4) is 11.5 Å². The second kappa shape index (κ2) is 10.4. The molecular formula is C32H35FN2O3. The molecular weight excluding hydrogens is 479 g/mol. The van der Waals surface area contributed by atoms with E-state index in [4.69, 9.17) is 4.74 Å². The van der Waals surface area contributed by atoms with Gasteiger partial charge in [-0.05, 0) is 91.7 Å². The summed E-state index contributed by atoms with van der Waals surface area (Å²) < 4.78 is 18.6.